The first kappa shape index (κ1) is 58.2. The fourth-order valence-corrected chi connectivity index (χ4v) is 7.66. The molecule has 0 saturated heterocycles. The van der Waals surface area contributed by atoms with Crippen molar-refractivity contribution in [3.05, 3.63) is 12.2 Å². The van der Waals surface area contributed by atoms with Crippen LogP contribution in [0.4, 0.5) is 0 Å². The molecule has 0 fully saturated rings. The third kappa shape index (κ3) is 41.6. The van der Waals surface area contributed by atoms with E-state index in [1.165, 1.54) is 103 Å². The van der Waals surface area contributed by atoms with Crippen LogP contribution in [0.3, 0.4) is 0 Å². The second-order valence-electron chi connectivity index (χ2n) is 16.6. The standard InChI is InChI=1S/C48H91O11P/c1-4-7-10-13-16-19-21-22-24-27-30-33-36-39-48(52)59-45(41-55-46(50)37-34-31-28-25-18-15-12-9-6-3)43-57-60(53,54)56-42-44(40-49)58-47(51)38-35-32-29-26-23-20-17-14-11-8-5-2/h19,21,44-45,49H,4-18,20,22-43H2,1-3H3,(H,53,54)/b21-19-. The van der Waals surface area contributed by atoms with Gasteiger partial charge in [-0.15, -0.1) is 0 Å². The molecule has 3 atom stereocenters. The summed E-state index contributed by atoms with van der Waals surface area (Å²) >= 11 is 0. The molecule has 12 heteroatoms. The highest BCUT2D eigenvalue weighted by Gasteiger charge is 2.28. The van der Waals surface area contributed by atoms with Gasteiger partial charge in [0.15, 0.2) is 6.10 Å². The number of rotatable bonds is 46. The highest BCUT2D eigenvalue weighted by molar-refractivity contribution is 7.47. The van der Waals surface area contributed by atoms with Crippen molar-refractivity contribution in [2.75, 3.05) is 26.4 Å². The molecule has 0 bridgehead atoms. The molecule has 0 aliphatic heterocycles. The Balaban J connectivity index is 4.71. The molecule has 0 saturated carbocycles. The zero-order valence-corrected chi connectivity index (χ0v) is 39.6. The molecule has 0 aromatic heterocycles. The quantitative estimate of drug-likeness (QED) is 0.0197. The van der Waals surface area contributed by atoms with Crippen molar-refractivity contribution in [1.82, 2.24) is 0 Å². The van der Waals surface area contributed by atoms with Crippen LogP contribution in [-0.4, -0.2) is 66.5 Å². The first-order valence-corrected chi connectivity index (χ1v) is 26.1. The van der Waals surface area contributed by atoms with E-state index in [0.29, 0.717) is 19.3 Å². The Morgan fingerprint density at radius 3 is 1.17 bits per heavy atom. The molecule has 0 radical (unpaired) electrons. The van der Waals surface area contributed by atoms with Gasteiger partial charge in [-0.05, 0) is 44.9 Å². The number of allylic oxidation sites excluding steroid dienone is 2. The van der Waals surface area contributed by atoms with Gasteiger partial charge in [0, 0.05) is 19.3 Å². The summed E-state index contributed by atoms with van der Waals surface area (Å²) in [4.78, 5) is 48.0. The Morgan fingerprint density at radius 2 is 0.767 bits per heavy atom. The molecule has 0 amide bonds. The monoisotopic (exact) mass is 875 g/mol. The Labute approximate surface area is 366 Å². The first-order valence-electron chi connectivity index (χ1n) is 24.6. The molecular formula is C48H91O11P. The number of carbonyl (C=O) groups excluding carboxylic acids is 3. The van der Waals surface area contributed by atoms with Crippen LogP contribution >= 0.6 is 7.82 Å². The van der Waals surface area contributed by atoms with Crippen LogP contribution in [0.5, 0.6) is 0 Å². The number of hydrogen-bond donors (Lipinski definition) is 2. The number of phosphoric ester groups is 1. The smallest absolute Gasteiger partial charge is 0.462 e. The summed E-state index contributed by atoms with van der Waals surface area (Å²) in [6, 6.07) is 0. The minimum Gasteiger partial charge on any atom is -0.462 e. The highest BCUT2D eigenvalue weighted by Crippen LogP contribution is 2.43. The number of ether oxygens (including phenoxy) is 3. The van der Waals surface area contributed by atoms with Gasteiger partial charge in [-0.2, -0.15) is 0 Å². The Bertz CT molecular complexity index is 1070. The van der Waals surface area contributed by atoms with Crippen LogP contribution in [0.1, 0.15) is 239 Å². The van der Waals surface area contributed by atoms with E-state index in [0.717, 1.165) is 77.0 Å². The maximum absolute atomic E-state index is 12.8. The fourth-order valence-electron chi connectivity index (χ4n) is 6.88. The molecule has 0 aliphatic rings. The molecule has 3 unspecified atom stereocenters. The Hall–Kier alpha value is -1.78. The van der Waals surface area contributed by atoms with E-state index in [9.17, 15) is 28.9 Å². The minimum absolute atomic E-state index is 0.163. The number of aliphatic hydroxyl groups is 1. The molecule has 0 rings (SSSR count). The summed E-state index contributed by atoms with van der Waals surface area (Å²) in [6.45, 7) is 4.59. The number of phosphoric acid groups is 1. The lowest BCUT2D eigenvalue weighted by Gasteiger charge is -2.21. The average molecular weight is 875 g/mol. The van der Waals surface area contributed by atoms with Gasteiger partial charge in [-0.1, -0.05) is 187 Å². The molecule has 0 aromatic rings. The van der Waals surface area contributed by atoms with E-state index in [4.69, 9.17) is 23.3 Å². The predicted octanol–water partition coefficient (Wildman–Crippen LogP) is 13.4. The summed E-state index contributed by atoms with van der Waals surface area (Å²) in [5, 5.41) is 9.73. The number of aliphatic hydroxyl groups excluding tert-OH is 1. The van der Waals surface area contributed by atoms with Crippen molar-refractivity contribution in [2.24, 2.45) is 0 Å². The van der Waals surface area contributed by atoms with Crippen molar-refractivity contribution >= 4 is 25.7 Å². The Kier molecular flexibility index (Phi) is 42.6. The maximum atomic E-state index is 12.8. The minimum atomic E-state index is -4.72. The zero-order chi connectivity index (χ0) is 44.2. The van der Waals surface area contributed by atoms with E-state index in [1.807, 2.05) is 0 Å². The zero-order valence-electron chi connectivity index (χ0n) is 38.7. The van der Waals surface area contributed by atoms with Gasteiger partial charge in [0.05, 0.1) is 19.8 Å². The van der Waals surface area contributed by atoms with Gasteiger partial charge in [0.2, 0.25) is 0 Å². The number of hydrogen-bond acceptors (Lipinski definition) is 10. The molecule has 0 aliphatic carbocycles. The molecule has 60 heavy (non-hydrogen) atoms. The molecule has 0 spiro atoms. The van der Waals surface area contributed by atoms with Gasteiger partial charge >= 0.3 is 25.7 Å². The lowest BCUT2D eigenvalue weighted by Crippen LogP contribution is -2.30. The molecular weight excluding hydrogens is 783 g/mol. The lowest BCUT2D eigenvalue weighted by molar-refractivity contribution is -0.161. The first-order chi connectivity index (χ1) is 29.2. The molecule has 354 valence electrons. The van der Waals surface area contributed by atoms with Crippen molar-refractivity contribution in [2.45, 2.75) is 251 Å². The van der Waals surface area contributed by atoms with Gasteiger partial charge in [-0.3, -0.25) is 23.4 Å². The van der Waals surface area contributed by atoms with E-state index >= 15 is 0 Å². The van der Waals surface area contributed by atoms with Crippen LogP contribution < -0.4 is 0 Å². The summed E-state index contributed by atoms with van der Waals surface area (Å²) in [5.74, 6) is -1.46. The van der Waals surface area contributed by atoms with Crippen LogP contribution in [0.15, 0.2) is 12.2 Å². The second-order valence-corrected chi connectivity index (χ2v) is 18.1. The summed E-state index contributed by atoms with van der Waals surface area (Å²) < 4.78 is 39.2. The van der Waals surface area contributed by atoms with Crippen LogP contribution in [0.25, 0.3) is 0 Å². The van der Waals surface area contributed by atoms with Crippen LogP contribution in [0, 0.1) is 0 Å². The molecule has 0 aromatic carbocycles. The third-order valence-electron chi connectivity index (χ3n) is 10.7. The highest BCUT2D eigenvalue weighted by atomic mass is 31.2. The largest absolute Gasteiger partial charge is 0.472 e. The maximum Gasteiger partial charge on any atom is 0.472 e. The summed E-state index contributed by atoms with van der Waals surface area (Å²) in [6.07, 6.45) is 37.6. The van der Waals surface area contributed by atoms with E-state index in [2.05, 4.69) is 32.9 Å². The number of carbonyl (C=O) groups is 3. The molecule has 2 N–H and O–H groups in total. The normalized spacial score (nSPS) is 13.6. The summed E-state index contributed by atoms with van der Waals surface area (Å²) in [7, 11) is -4.72. The molecule has 11 nitrogen and oxygen atoms in total. The van der Waals surface area contributed by atoms with Crippen molar-refractivity contribution < 1.29 is 52.2 Å². The Morgan fingerprint density at radius 1 is 0.450 bits per heavy atom. The molecule has 0 heterocycles. The number of esters is 3. The van der Waals surface area contributed by atoms with Gasteiger partial charge in [0.25, 0.3) is 0 Å². The summed E-state index contributed by atoms with van der Waals surface area (Å²) in [5.41, 5.74) is 0. The van der Waals surface area contributed by atoms with Crippen molar-refractivity contribution in [3.63, 3.8) is 0 Å². The SMILES string of the molecule is CCCCCC/C=C\CCCCCCCC(=O)OC(COC(=O)CCCCCCCCCCC)COP(=O)(O)OCC(CO)OC(=O)CCCCCCCCCCCCC. The van der Waals surface area contributed by atoms with Crippen molar-refractivity contribution in [3.8, 4) is 0 Å². The van der Waals surface area contributed by atoms with Gasteiger partial charge in [-0.25, -0.2) is 4.57 Å². The lowest BCUT2D eigenvalue weighted by atomic mass is 10.1. The predicted molar refractivity (Wildman–Crippen MR) is 243 cm³/mol. The van der Waals surface area contributed by atoms with Gasteiger partial charge in [0.1, 0.15) is 12.7 Å². The van der Waals surface area contributed by atoms with E-state index < -0.39 is 57.8 Å². The topological polar surface area (TPSA) is 155 Å². The third-order valence-corrected chi connectivity index (χ3v) is 11.6. The number of unbranched alkanes of at least 4 members (excludes halogenated alkanes) is 27. The van der Waals surface area contributed by atoms with Crippen LogP contribution in [0.2, 0.25) is 0 Å². The fraction of sp³-hybridized carbons (Fsp3) is 0.896. The average Bonchev–Trinajstić information content (AvgIpc) is 3.23. The van der Waals surface area contributed by atoms with Crippen molar-refractivity contribution in [1.29, 1.82) is 0 Å². The van der Waals surface area contributed by atoms with Crippen LogP contribution in [-0.2, 0) is 42.2 Å². The second kappa shape index (κ2) is 43.9. The van der Waals surface area contributed by atoms with Gasteiger partial charge < -0.3 is 24.2 Å². The van der Waals surface area contributed by atoms with E-state index in [1.54, 1.807) is 0 Å². The van der Waals surface area contributed by atoms with E-state index in [-0.39, 0.29) is 25.9 Å².